The number of ether oxygens (including phenoxy) is 2. The maximum Gasteiger partial charge on any atom is 0.191 e. The zero-order chi connectivity index (χ0) is 21.2. The number of para-hydroxylation sites is 1. The summed E-state index contributed by atoms with van der Waals surface area (Å²) < 4.78 is 13.0. The first-order valence-corrected chi connectivity index (χ1v) is 9.93. The van der Waals surface area contributed by atoms with Crippen LogP contribution in [0.15, 0.2) is 66.2 Å². The van der Waals surface area contributed by atoms with Crippen molar-refractivity contribution in [2.24, 2.45) is 4.99 Å². The number of imidazole rings is 1. The second-order valence-corrected chi connectivity index (χ2v) is 6.83. The van der Waals surface area contributed by atoms with Crippen molar-refractivity contribution in [3.05, 3.63) is 77.9 Å². The summed E-state index contributed by atoms with van der Waals surface area (Å²) in [4.78, 5) is 8.49. The molecule has 0 saturated heterocycles. The van der Waals surface area contributed by atoms with E-state index in [-0.39, 0.29) is 0 Å². The zero-order valence-corrected chi connectivity index (χ0v) is 17.8. The van der Waals surface area contributed by atoms with Crippen LogP contribution in [0.3, 0.4) is 0 Å². The second kappa shape index (κ2) is 11.0. The molecule has 0 fully saturated rings. The maximum atomic E-state index is 5.88. The Bertz CT molecular complexity index is 954. The molecule has 30 heavy (non-hydrogen) atoms. The monoisotopic (exact) mass is 407 g/mol. The number of nitrogens with one attached hydrogen (secondary N) is 2. The first-order chi connectivity index (χ1) is 14.7. The lowest BCUT2D eigenvalue weighted by molar-refractivity contribution is 0.145. The van der Waals surface area contributed by atoms with Gasteiger partial charge in [-0.2, -0.15) is 0 Å². The minimum atomic E-state index is 0.519. The molecule has 0 saturated carbocycles. The van der Waals surface area contributed by atoms with Gasteiger partial charge in [-0.1, -0.05) is 30.3 Å². The van der Waals surface area contributed by atoms with Gasteiger partial charge in [-0.15, -0.1) is 0 Å². The van der Waals surface area contributed by atoms with Crippen LogP contribution in [0, 0.1) is 6.92 Å². The fourth-order valence-corrected chi connectivity index (χ4v) is 3.07. The Morgan fingerprint density at radius 3 is 2.60 bits per heavy atom. The molecule has 1 aromatic heterocycles. The fourth-order valence-electron chi connectivity index (χ4n) is 3.07. The van der Waals surface area contributed by atoms with Crippen LogP contribution in [0.2, 0.25) is 0 Å². The lowest BCUT2D eigenvalue weighted by Crippen LogP contribution is -2.36. The summed E-state index contributed by atoms with van der Waals surface area (Å²) in [7, 11) is 3.44. The van der Waals surface area contributed by atoms with E-state index in [9.17, 15) is 0 Å². The molecular formula is C23H29N5O2. The smallest absolute Gasteiger partial charge is 0.191 e. The maximum absolute atomic E-state index is 5.88. The Labute approximate surface area is 177 Å². The Balaban J connectivity index is 1.62. The number of guanidine groups is 1. The van der Waals surface area contributed by atoms with Crippen molar-refractivity contribution in [2.75, 3.05) is 27.4 Å². The number of methoxy groups -OCH3 is 1. The van der Waals surface area contributed by atoms with E-state index < -0.39 is 0 Å². The highest BCUT2D eigenvalue weighted by molar-refractivity contribution is 5.79. The predicted octanol–water partition coefficient (Wildman–Crippen LogP) is 3.07. The van der Waals surface area contributed by atoms with Crippen LogP contribution in [-0.4, -0.2) is 42.9 Å². The molecule has 2 aromatic carbocycles. The average Bonchev–Trinajstić information content (AvgIpc) is 3.30. The van der Waals surface area contributed by atoms with Gasteiger partial charge in [-0.3, -0.25) is 4.99 Å². The van der Waals surface area contributed by atoms with Crippen molar-refractivity contribution < 1.29 is 9.47 Å². The molecule has 0 spiro atoms. The Kier molecular flexibility index (Phi) is 7.86. The first-order valence-electron chi connectivity index (χ1n) is 9.93. The highest BCUT2D eigenvalue weighted by atomic mass is 16.5. The van der Waals surface area contributed by atoms with E-state index in [1.807, 2.05) is 29.0 Å². The molecule has 3 rings (SSSR count). The van der Waals surface area contributed by atoms with Crippen LogP contribution in [0.4, 0.5) is 0 Å². The van der Waals surface area contributed by atoms with Gasteiger partial charge in [-0.05, 0) is 30.2 Å². The Morgan fingerprint density at radius 2 is 1.87 bits per heavy atom. The molecule has 7 heteroatoms. The van der Waals surface area contributed by atoms with E-state index in [2.05, 4.69) is 51.8 Å². The van der Waals surface area contributed by atoms with Crippen LogP contribution in [0.25, 0.3) is 5.69 Å². The van der Waals surface area contributed by atoms with Gasteiger partial charge in [0.2, 0.25) is 0 Å². The summed E-state index contributed by atoms with van der Waals surface area (Å²) in [5.41, 5.74) is 4.46. The molecule has 3 aromatic rings. The van der Waals surface area contributed by atoms with E-state index in [0.717, 1.165) is 34.1 Å². The minimum absolute atomic E-state index is 0.519. The average molecular weight is 408 g/mol. The van der Waals surface area contributed by atoms with Crippen LogP contribution in [0.1, 0.15) is 16.7 Å². The number of benzene rings is 2. The zero-order valence-electron chi connectivity index (χ0n) is 17.8. The summed E-state index contributed by atoms with van der Waals surface area (Å²) in [5, 5.41) is 6.75. The van der Waals surface area contributed by atoms with E-state index in [4.69, 9.17) is 9.47 Å². The van der Waals surface area contributed by atoms with Crippen molar-refractivity contribution in [1.82, 2.24) is 20.2 Å². The van der Waals surface area contributed by atoms with Gasteiger partial charge >= 0.3 is 0 Å². The van der Waals surface area contributed by atoms with Gasteiger partial charge in [0.1, 0.15) is 12.4 Å². The van der Waals surface area contributed by atoms with Gasteiger partial charge in [0.05, 0.1) is 18.6 Å². The first kappa shape index (κ1) is 21.4. The van der Waals surface area contributed by atoms with Crippen LogP contribution in [0.5, 0.6) is 5.75 Å². The van der Waals surface area contributed by atoms with Crippen molar-refractivity contribution >= 4 is 5.96 Å². The highest BCUT2D eigenvalue weighted by Crippen LogP contribution is 2.20. The standard InChI is InChI=1S/C23H29N5O2/c1-18-8-9-20(22(14-18)30-13-12-29-3)16-27-23(24-2)26-15-19-6-4-5-7-21(19)28-11-10-25-17-28/h4-11,14,17H,12-13,15-16H2,1-3H3,(H2,24,26,27). The number of nitrogens with zero attached hydrogens (tertiary/aromatic N) is 3. The molecule has 0 atom stereocenters. The van der Waals surface area contributed by atoms with E-state index >= 15 is 0 Å². The SMILES string of the molecule is CN=C(NCc1ccc(C)cc1OCCOC)NCc1ccccc1-n1ccnc1. The van der Waals surface area contributed by atoms with Crippen LogP contribution in [-0.2, 0) is 17.8 Å². The second-order valence-electron chi connectivity index (χ2n) is 6.83. The largest absolute Gasteiger partial charge is 0.491 e. The van der Waals surface area contributed by atoms with E-state index in [1.54, 1.807) is 26.7 Å². The summed E-state index contributed by atoms with van der Waals surface area (Å²) in [6, 6.07) is 14.4. The topological polar surface area (TPSA) is 72.7 Å². The van der Waals surface area contributed by atoms with Crippen molar-refractivity contribution in [3.63, 3.8) is 0 Å². The molecule has 0 aliphatic carbocycles. The third-order valence-electron chi connectivity index (χ3n) is 4.66. The molecule has 0 radical (unpaired) electrons. The van der Waals surface area contributed by atoms with Gasteiger partial charge in [-0.25, -0.2) is 4.98 Å². The molecule has 0 aliphatic heterocycles. The summed E-state index contributed by atoms with van der Waals surface area (Å²) in [6.45, 7) is 4.37. The third kappa shape index (κ3) is 5.84. The Hall–Kier alpha value is -3.32. The predicted molar refractivity (Wildman–Crippen MR) is 119 cm³/mol. The van der Waals surface area contributed by atoms with Gasteiger partial charge < -0.3 is 24.7 Å². The summed E-state index contributed by atoms with van der Waals surface area (Å²) >= 11 is 0. The van der Waals surface area contributed by atoms with Gasteiger partial charge in [0, 0.05) is 45.2 Å². The number of aryl methyl sites for hydroxylation is 1. The Morgan fingerprint density at radius 1 is 1.07 bits per heavy atom. The van der Waals surface area contributed by atoms with Crippen LogP contribution >= 0.6 is 0 Å². The number of rotatable bonds is 9. The highest BCUT2D eigenvalue weighted by Gasteiger charge is 2.08. The van der Waals surface area contributed by atoms with Crippen molar-refractivity contribution in [3.8, 4) is 11.4 Å². The van der Waals surface area contributed by atoms with E-state index in [0.29, 0.717) is 26.3 Å². The number of aliphatic imine (C=N–C) groups is 1. The fraction of sp³-hybridized carbons (Fsp3) is 0.304. The normalized spacial score (nSPS) is 11.4. The number of aromatic nitrogens is 2. The lowest BCUT2D eigenvalue weighted by atomic mass is 10.1. The molecule has 2 N–H and O–H groups in total. The number of hydrogen-bond acceptors (Lipinski definition) is 4. The number of hydrogen-bond donors (Lipinski definition) is 2. The third-order valence-corrected chi connectivity index (χ3v) is 4.66. The summed E-state index contributed by atoms with van der Waals surface area (Å²) in [6.07, 6.45) is 5.52. The molecule has 7 nitrogen and oxygen atoms in total. The molecule has 0 bridgehead atoms. The molecule has 0 aliphatic rings. The van der Waals surface area contributed by atoms with Gasteiger partial charge in [0.25, 0.3) is 0 Å². The molecule has 158 valence electrons. The molecule has 0 unspecified atom stereocenters. The summed E-state index contributed by atoms with van der Waals surface area (Å²) in [5.74, 6) is 1.58. The minimum Gasteiger partial charge on any atom is -0.491 e. The van der Waals surface area contributed by atoms with Crippen LogP contribution < -0.4 is 15.4 Å². The van der Waals surface area contributed by atoms with Crippen molar-refractivity contribution in [1.29, 1.82) is 0 Å². The molecule has 0 amide bonds. The van der Waals surface area contributed by atoms with Crippen molar-refractivity contribution in [2.45, 2.75) is 20.0 Å². The molecule has 1 heterocycles. The lowest BCUT2D eigenvalue weighted by Gasteiger charge is -2.16. The quantitative estimate of drug-likeness (QED) is 0.324. The molecular weight excluding hydrogens is 378 g/mol. The van der Waals surface area contributed by atoms with E-state index in [1.165, 1.54) is 0 Å². The van der Waals surface area contributed by atoms with Gasteiger partial charge in [0.15, 0.2) is 5.96 Å².